The van der Waals surface area contributed by atoms with Crippen molar-refractivity contribution in [2.45, 2.75) is 352 Å². The molecule has 0 spiro atoms. The molecule has 7 atom stereocenters. The van der Waals surface area contributed by atoms with Crippen LogP contribution in [-0.2, 0) is 28.9 Å². The molecule has 0 aromatic heterocycles. The zero-order chi connectivity index (χ0) is 56.1. The van der Waals surface area contributed by atoms with Crippen LogP contribution in [-0.4, -0.2) is 95.4 Å². The molecule has 1 fully saturated rings. The van der Waals surface area contributed by atoms with Crippen LogP contribution in [0.4, 0.5) is 0 Å². The van der Waals surface area contributed by atoms with Crippen molar-refractivity contribution in [3.63, 3.8) is 0 Å². The first-order valence-electron chi connectivity index (χ1n) is 32.4. The second-order valence-corrected chi connectivity index (χ2v) is 23.8. The number of carbonyl (C=O) groups excluding carboxylic acids is 1. The summed E-state index contributed by atoms with van der Waals surface area (Å²) in [5, 5.41) is 45.1. The van der Waals surface area contributed by atoms with E-state index in [9.17, 15) is 38.2 Å². The van der Waals surface area contributed by atoms with E-state index < -0.39 is 59.9 Å². The zero-order valence-corrected chi connectivity index (χ0v) is 50.4. The van der Waals surface area contributed by atoms with Crippen LogP contribution in [0.1, 0.15) is 309 Å². The fraction of sp³-hybridized carbons (Fsp3) is 0.891. The van der Waals surface area contributed by atoms with Crippen LogP contribution in [0, 0.1) is 0 Å². The maximum absolute atomic E-state index is 13.2. The molecule has 0 aromatic rings. The third-order valence-electron chi connectivity index (χ3n) is 15.4. The molecular formula is C64H121NO11S. The molecule has 454 valence electrons. The van der Waals surface area contributed by atoms with Gasteiger partial charge in [0.1, 0.15) is 24.4 Å². The maximum atomic E-state index is 13.2. The number of carbonyl (C=O) groups is 1. The molecule has 6 N–H and O–H groups in total. The van der Waals surface area contributed by atoms with Gasteiger partial charge in [0.15, 0.2) is 6.29 Å². The van der Waals surface area contributed by atoms with Crippen molar-refractivity contribution in [2.75, 3.05) is 13.2 Å². The van der Waals surface area contributed by atoms with Crippen molar-refractivity contribution in [1.29, 1.82) is 0 Å². The van der Waals surface area contributed by atoms with E-state index in [-0.39, 0.29) is 18.9 Å². The number of hydrogen-bond donors (Lipinski definition) is 6. The number of rotatable bonds is 57. The monoisotopic (exact) mass is 1110 g/mol. The minimum Gasteiger partial charge on any atom is -0.394 e. The van der Waals surface area contributed by atoms with E-state index >= 15 is 0 Å². The largest absolute Gasteiger partial charge is 0.397 e. The van der Waals surface area contributed by atoms with E-state index in [1.807, 2.05) is 6.08 Å². The first-order valence-corrected chi connectivity index (χ1v) is 33.7. The minimum absolute atomic E-state index is 0.260. The number of aliphatic hydroxyl groups is 4. The van der Waals surface area contributed by atoms with Gasteiger partial charge in [0.2, 0.25) is 5.91 Å². The highest BCUT2D eigenvalue weighted by Gasteiger charge is 2.48. The molecule has 0 saturated carbocycles. The lowest BCUT2D eigenvalue weighted by molar-refractivity contribution is -0.298. The highest BCUT2D eigenvalue weighted by Crippen LogP contribution is 2.26. The van der Waals surface area contributed by atoms with Crippen molar-refractivity contribution >= 4 is 16.3 Å². The third-order valence-corrected chi connectivity index (χ3v) is 15.9. The molecule has 13 heteroatoms. The molecule has 1 aliphatic rings. The van der Waals surface area contributed by atoms with Crippen LogP contribution < -0.4 is 5.32 Å². The summed E-state index contributed by atoms with van der Waals surface area (Å²) < 4.78 is 48.0. The summed E-state index contributed by atoms with van der Waals surface area (Å²) in [5.41, 5.74) is 0. The van der Waals surface area contributed by atoms with Crippen LogP contribution in [0.3, 0.4) is 0 Å². The summed E-state index contributed by atoms with van der Waals surface area (Å²) in [6.07, 6.45) is 60.5. The molecule has 1 saturated heterocycles. The quantitative estimate of drug-likeness (QED) is 0.0193. The summed E-state index contributed by atoms with van der Waals surface area (Å²) in [7, 11) is -5.09. The molecule has 0 radical (unpaired) electrons. The number of ether oxygens (including phenoxy) is 2. The Bertz CT molecular complexity index is 1490. The van der Waals surface area contributed by atoms with Gasteiger partial charge < -0.3 is 35.2 Å². The average molecular weight is 1110 g/mol. The smallest absolute Gasteiger partial charge is 0.394 e. The highest BCUT2D eigenvalue weighted by atomic mass is 32.3. The topological polar surface area (TPSA) is 192 Å². The standard InChI is InChI=1S/C64H121NO11S/c1-3-5-7-9-11-13-15-17-19-21-23-25-27-28-29-30-32-34-36-38-40-42-44-46-48-50-52-54-60(68)65-57(56-74-64-62(70)63(76-77(71,72)73)61(69)59(55-66)75-64)58(67)53-51-49-47-45-43-41-39-37-35-33-31-26-24-22-20-18-16-14-12-10-8-6-4-2/h23,25,28-29,51,53,57-59,61-64,66-67,69-70H,3-22,24,26-27,30-50,52,54-56H2,1-2H3,(H,65,68)(H,71,72,73)/b25-23-,29-28-,53-51+. The SMILES string of the molecule is CCCCCCCCCCC/C=C\C/C=C\CCCCCCCCCCCCCC(=O)NC(COC1OC(CO)C(O)C(OS(=O)(=O)O)C1O)C(O)/C=C/CCCCCCCCCCCCCCCCCCCCCCC. The summed E-state index contributed by atoms with van der Waals surface area (Å²) in [4.78, 5) is 13.2. The summed E-state index contributed by atoms with van der Waals surface area (Å²) in [6, 6.07) is -0.947. The Morgan fingerprint density at radius 2 is 0.870 bits per heavy atom. The average Bonchev–Trinajstić information content (AvgIpc) is 3.41. The van der Waals surface area contributed by atoms with E-state index in [0.717, 1.165) is 44.9 Å². The number of allylic oxidation sites excluding steroid dienone is 5. The lowest BCUT2D eigenvalue weighted by atomic mass is 9.99. The van der Waals surface area contributed by atoms with Crippen LogP contribution in [0.25, 0.3) is 0 Å². The predicted molar refractivity (Wildman–Crippen MR) is 319 cm³/mol. The molecule has 77 heavy (non-hydrogen) atoms. The molecule has 0 aromatic carbocycles. The summed E-state index contributed by atoms with van der Waals surface area (Å²) in [6.45, 7) is 3.44. The van der Waals surface area contributed by atoms with Crippen LogP contribution in [0.2, 0.25) is 0 Å². The fourth-order valence-corrected chi connectivity index (χ4v) is 10.9. The van der Waals surface area contributed by atoms with Crippen molar-refractivity contribution in [2.24, 2.45) is 0 Å². The Morgan fingerprint density at radius 3 is 1.23 bits per heavy atom. The fourth-order valence-electron chi connectivity index (χ4n) is 10.4. The Morgan fingerprint density at radius 1 is 0.519 bits per heavy atom. The van der Waals surface area contributed by atoms with Gasteiger partial charge >= 0.3 is 10.4 Å². The molecule has 7 unspecified atom stereocenters. The molecule has 12 nitrogen and oxygen atoms in total. The first-order chi connectivity index (χ1) is 37.5. The van der Waals surface area contributed by atoms with Gasteiger partial charge in [-0.1, -0.05) is 288 Å². The van der Waals surface area contributed by atoms with Crippen LogP contribution >= 0.6 is 0 Å². The Kier molecular flexibility index (Phi) is 51.1. The number of unbranched alkanes of at least 4 members (excludes halogenated alkanes) is 41. The van der Waals surface area contributed by atoms with Gasteiger partial charge in [0, 0.05) is 6.42 Å². The molecule has 0 bridgehead atoms. The molecule has 0 aliphatic carbocycles. The van der Waals surface area contributed by atoms with Crippen molar-refractivity contribution in [1.82, 2.24) is 5.32 Å². The molecule has 1 aliphatic heterocycles. The summed E-state index contributed by atoms with van der Waals surface area (Å²) >= 11 is 0. The second-order valence-electron chi connectivity index (χ2n) is 22.7. The van der Waals surface area contributed by atoms with Crippen molar-refractivity contribution in [3.8, 4) is 0 Å². The number of aliphatic hydroxyl groups excluding tert-OH is 4. The Hall–Kier alpha value is -1.68. The van der Waals surface area contributed by atoms with E-state index in [1.165, 1.54) is 238 Å². The van der Waals surface area contributed by atoms with Crippen molar-refractivity contribution in [3.05, 3.63) is 36.5 Å². The third kappa shape index (κ3) is 45.6. The van der Waals surface area contributed by atoms with Gasteiger partial charge in [-0.15, -0.1) is 0 Å². The van der Waals surface area contributed by atoms with Crippen LogP contribution in [0.15, 0.2) is 36.5 Å². The molecule has 1 heterocycles. The minimum atomic E-state index is -5.09. The number of hydrogen-bond acceptors (Lipinski definition) is 10. The molecule has 1 rings (SSSR count). The predicted octanol–water partition coefficient (Wildman–Crippen LogP) is 16.1. The Balaban J connectivity index is 2.32. The van der Waals surface area contributed by atoms with Gasteiger partial charge in [0.25, 0.3) is 0 Å². The lowest BCUT2D eigenvalue weighted by Crippen LogP contribution is -2.61. The van der Waals surface area contributed by atoms with Crippen molar-refractivity contribution < 1.29 is 51.8 Å². The first kappa shape index (κ1) is 73.3. The zero-order valence-electron chi connectivity index (χ0n) is 49.5. The number of amides is 1. The van der Waals surface area contributed by atoms with E-state index in [0.29, 0.717) is 6.42 Å². The van der Waals surface area contributed by atoms with Crippen LogP contribution in [0.5, 0.6) is 0 Å². The van der Waals surface area contributed by atoms with Gasteiger partial charge in [-0.2, -0.15) is 8.42 Å². The van der Waals surface area contributed by atoms with E-state index in [2.05, 4.69) is 47.7 Å². The van der Waals surface area contributed by atoms with Gasteiger partial charge in [-0.3, -0.25) is 9.35 Å². The van der Waals surface area contributed by atoms with Gasteiger partial charge in [-0.25, -0.2) is 4.18 Å². The highest BCUT2D eigenvalue weighted by molar-refractivity contribution is 7.80. The van der Waals surface area contributed by atoms with E-state index in [4.69, 9.17) is 9.47 Å². The maximum Gasteiger partial charge on any atom is 0.397 e. The number of nitrogens with one attached hydrogen (secondary N) is 1. The normalized spacial score (nSPS) is 19.1. The molecule has 1 amide bonds. The van der Waals surface area contributed by atoms with Gasteiger partial charge in [-0.05, 0) is 51.4 Å². The summed E-state index contributed by atoms with van der Waals surface area (Å²) in [5.74, 6) is -0.260. The molecular weight excluding hydrogens is 991 g/mol. The lowest BCUT2D eigenvalue weighted by Gasteiger charge is -2.41. The van der Waals surface area contributed by atoms with E-state index in [1.54, 1.807) is 6.08 Å². The van der Waals surface area contributed by atoms with Gasteiger partial charge in [0.05, 0.1) is 25.4 Å². The Labute approximate surface area is 473 Å². The second kappa shape index (κ2) is 53.6.